The van der Waals surface area contributed by atoms with Crippen LogP contribution < -0.4 is 0 Å². The molecule has 5 heteroatoms. The van der Waals surface area contributed by atoms with E-state index in [1.54, 1.807) is 6.33 Å². The number of aromatic amines is 1. The van der Waals surface area contributed by atoms with Crippen molar-refractivity contribution in [3.05, 3.63) is 30.4 Å². The van der Waals surface area contributed by atoms with Crippen LogP contribution in [0.4, 0.5) is 0 Å². The fourth-order valence-electron chi connectivity index (χ4n) is 4.34. The van der Waals surface area contributed by atoms with Gasteiger partial charge in [-0.25, -0.2) is 9.97 Å². The third-order valence-electron chi connectivity index (χ3n) is 5.59. The highest BCUT2D eigenvalue weighted by atomic mass is 14.9. The Balaban J connectivity index is 1.71. The van der Waals surface area contributed by atoms with E-state index in [-0.39, 0.29) is 11.5 Å². The normalized spacial score (nSPS) is 25.1. The number of allylic oxidation sites excluding steroid dienone is 1. The predicted octanol–water partition coefficient (Wildman–Crippen LogP) is 3.90. The highest BCUT2D eigenvalue weighted by Crippen LogP contribution is 2.44. The summed E-state index contributed by atoms with van der Waals surface area (Å²) < 4.78 is 0. The Hall–Kier alpha value is -2.48. The van der Waals surface area contributed by atoms with E-state index in [0.717, 1.165) is 22.3 Å². The largest absolute Gasteiger partial charge is 0.346 e. The molecule has 2 unspecified atom stereocenters. The molecule has 4 rings (SSSR count). The van der Waals surface area contributed by atoms with Gasteiger partial charge in [0.15, 0.2) is 0 Å². The summed E-state index contributed by atoms with van der Waals surface area (Å²) in [5.41, 5.74) is 2.47. The Bertz CT molecular complexity index is 850. The fraction of sp³-hybridized carbons (Fsp3) is 0.474. The minimum atomic E-state index is -0.312. The van der Waals surface area contributed by atoms with Crippen LogP contribution in [0.1, 0.15) is 44.7 Å². The van der Waals surface area contributed by atoms with Crippen molar-refractivity contribution in [2.24, 2.45) is 16.8 Å². The highest BCUT2D eigenvalue weighted by molar-refractivity contribution is 6.15. The molecule has 0 spiro atoms. The number of H-pyrrole nitrogens is 1. The molecule has 2 aliphatic rings. The van der Waals surface area contributed by atoms with Crippen molar-refractivity contribution in [3.63, 3.8) is 0 Å². The smallest absolute Gasteiger partial charge is 0.141 e. The molecule has 0 saturated heterocycles. The average Bonchev–Trinajstić information content (AvgIpc) is 3.32. The first-order chi connectivity index (χ1) is 11.7. The van der Waals surface area contributed by atoms with Gasteiger partial charge >= 0.3 is 0 Å². The summed E-state index contributed by atoms with van der Waals surface area (Å²) in [6.07, 6.45) is 13.2. The van der Waals surface area contributed by atoms with Crippen LogP contribution in [0, 0.1) is 23.2 Å². The molecule has 122 valence electrons. The van der Waals surface area contributed by atoms with Crippen molar-refractivity contribution in [1.82, 2.24) is 15.0 Å². The number of aromatic nitrogens is 3. The maximum Gasteiger partial charge on any atom is 0.141 e. The maximum absolute atomic E-state index is 9.32. The molecule has 3 heterocycles. The zero-order valence-electron chi connectivity index (χ0n) is 13.9. The lowest BCUT2D eigenvalue weighted by molar-refractivity contribution is 0.252. The van der Waals surface area contributed by atoms with Crippen LogP contribution >= 0.6 is 0 Å². The zero-order valence-corrected chi connectivity index (χ0v) is 13.9. The summed E-state index contributed by atoms with van der Waals surface area (Å²) in [7, 11) is 0. The van der Waals surface area contributed by atoms with Gasteiger partial charge < -0.3 is 4.98 Å². The van der Waals surface area contributed by atoms with Gasteiger partial charge in [0.1, 0.15) is 12.0 Å². The van der Waals surface area contributed by atoms with Crippen LogP contribution in [0.5, 0.6) is 0 Å². The van der Waals surface area contributed by atoms with Crippen molar-refractivity contribution in [2.45, 2.75) is 44.6 Å². The van der Waals surface area contributed by atoms with E-state index in [0.29, 0.717) is 12.3 Å². The summed E-state index contributed by atoms with van der Waals surface area (Å²) in [5.74, 6) is 0.877. The second kappa shape index (κ2) is 5.86. The van der Waals surface area contributed by atoms with Gasteiger partial charge in [-0.3, -0.25) is 4.99 Å². The van der Waals surface area contributed by atoms with Gasteiger partial charge in [-0.2, -0.15) is 5.26 Å². The fourth-order valence-corrected chi connectivity index (χ4v) is 4.34. The third kappa shape index (κ3) is 2.43. The molecule has 1 aliphatic carbocycles. The molecule has 0 aromatic carbocycles. The molecule has 24 heavy (non-hydrogen) atoms. The van der Waals surface area contributed by atoms with E-state index in [9.17, 15) is 5.26 Å². The molecule has 2 aromatic heterocycles. The first-order valence-electron chi connectivity index (χ1n) is 8.65. The van der Waals surface area contributed by atoms with Gasteiger partial charge in [0.25, 0.3) is 0 Å². The van der Waals surface area contributed by atoms with Gasteiger partial charge in [0.2, 0.25) is 0 Å². The van der Waals surface area contributed by atoms with Crippen LogP contribution in [-0.4, -0.2) is 26.7 Å². The van der Waals surface area contributed by atoms with E-state index >= 15 is 0 Å². The summed E-state index contributed by atoms with van der Waals surface area (Å²) in [5, 5.41) is 10.3. The number of nitrogens with one attached hydrogen (secondary N) is 1. The van der Waals surface area contributed by atoms with E-state index in [2.05, 4.69) is 34.0 Å². The molecule has 1 saturated carbocycles. The number of hydrogen-bond donors (Lipinski definition) is 1. The Morgan fingerprint density at radius 2 is 2.21 bits per heavy atom. The Morgan fingerprint density at radius 3 is 3.00 bits per heavy atom. The average molecular weight is 319 g/mol. The number of rotatable bonds is 4. The van der Waals surface area contributed by atoms with E-state index < -0.39 is 0 Å². The quantitative estimate of drug-likeness (QED) is 0.928. The van der Waals surface area contributed by atoms with E-state index in [1.807, 2.05) is 18.5 Å². The van der Waals surface area contributed by atoms with Gasteiger partial charge in [-0.15, -0.1) is 0 Å². The topological polar surface area (TPSA) is 77.7 Å². The first kappa shape index (κ1) is 15.1. The molecule has 1 fully saturated rings. The summed E-state index contributed by atoms with van der Waals surface area (Å²) in [6, 6.07) is 4.39. The number of hydrogen-bond acceptors (Lipinski definition) is 4. The second-order valence-corrected chi connectivity index (χ2v) is 7.06. The molecule has 0 radical (unpaired) electrons. The SMILES string of the molecule is CC1(C(CC#N)C2CCCC2)C=C(c2ncnc3[nH]ccc23)C=N1. The molecule has 1 N–H and O–H groups in total. The van der Waals surface area contributed by atoms with Crippen LogP contribution in [0.3, 0.4) is 0 Å². The molecular formula is C19H21N5. The van der Waals surface area contributed by atoms with Crippen molar-refractivity contribution < 1.29 is 0 Å². The summed E-state index contributed by atoms with van der Waals surface area (Å²) >= 11 is 0. The minimum absolute atomic E-state index is 0.280. The van der Waals surface area contributed by atoms with Crippen molar-refractivity contribution in [1.29, 1.82) is 5.26 Å². The predicted molar refractivity (Wildman–Crippen MR) is 94.4 cm³/mol. The number of nitrogens with zero attached hydrogens (tertiary/aromatic N) is 4. The molecular weight excluding hydrogens is 298 g/mol. The van der Waals surface area contributed by atoms with Crippen LogP contribution in [-0.2, 0) is 0 Å². The molecule has 2 aromatic rings. The van der Waals surface area contributed by atoms with Gasteiger partial charge in [0.05, 0.1) is 17.3 Å². The van der Waals surface area contributed by atoms with Crippen molar-refractivity contribution in [2.75, 3.05) is 0 Å². The van der Waals surface area contributed by atoms with E-state index in [4.69, 9.17) is 4.99 Å². The molecule has 1 aliphatic heterocycles. The number of aliphatic imine (C=N–C) groups is 1. The summed E-state index contributed by atoms with van der Waals surface area (Å²) in [6.45, 7) is 2.16. The first-order valence-corrected chi connectivity index (χ1v) is 8.65. The van der Waals surface area contributed by atoms with Crippen molar-refractivity contribution in [3.8, 4) is 6.07 Å². The van der Waals surface area contributed by atoms with Gasteiger partial charge in [-0.05, 0) is 25.0 Å². The Kier molecular flexibility index (Phi) is 3.68. The van der Waals surface area contributed by atoms with E-state index in [1.165, 1.54) is 25.7 Å². The molecule has 0 bridgehead atoms. The summed E-state index contributed by atoms with van der Waals surface area (Å²) in [4.78, 5) is 16.7. The standard InChI is InChI=1S/C19H21N5/c1-19(16(6-8-20)13-4-2-3-5-13)10-14(11-24-19)17-15-7-9-21-18(15)23-12-22-17/h7,9-13,16H,2-6H2,1H3,(H,21,22,23). The van der Waals surface area contributed by atoms with Gasteiger partial charge in [0, 0.05) is 35.7 Å². The lowest BCUT2D eigenvalue weighted by Crippen LogP contribution is -2.34. The Labute approximate surface area is 141 Å². The van der Waals surface area contributed by atoms with Gasteiger partial charge in [-0.1, -0.05) is 25.7 Å². The lowest BCUT2D eigenvalue weighted by atomic mass is 9.74. The monoisotopic (exact) mass is 319 g/mol. The van der Waals surface area contributed by atoms with Crippen LogP contribution in [0.25, 0.3) is 16.6 Å². The highest BCUT2D eigenvalue weighted by Gasteiger charge is 2.40. The minimum Gasteiger partial charge on any atom is -0.346 e. The third-order valence-corrected chi connectivity index (χ3v) is 5.59. The number of nitriles is 1. The maximum atomic E-state index is 9.32. The molecule has 5 nitrogen and oxygen atoms in total. The van der Waals surface area contributed by atoms with Crippen LogP contribution in [0.15, 0.2) is 29.7 Å². The zero-order chi connectivity index (χ0) is 16.6. The van der Waals surface area contributed by atoms with Crippen LogP contribution in [0.2, 0.25) is 0 Å². The molecule has 0 amide bonds. The lowest BCUT2D eigenvalue weighted by Gasteiger charge is -2.33. The second-order valence-electron chi connectivity index (χ2n) is 7.06. The molecule has 2 atom stereocenters. The number of fused-ring (bicyclic) bond motifs is 1. The van der Waals surface area contributed by atoms with Crippen molar-refractivity contribution >= 4 is 22.8 Å². The Morgan fingerprint density at radius 1 is 1.38 bits per heavy atom.